The molecule has 0 saturated carbocycles. The predicted molar refractivity (Wildman–Crippen MR) is 83.7 cm³/mol. The van der Waals surface area contributed by atoms with Crippen LogP contribution in [-0.2, 0) is 10.2 Å². The maximum absolute atomic E-state index is 12.5. The molecule has 0 aromatic heterocycles. The molecular weight excluding hydrogens is 318 g/mol. The molecule has 0 unspecified atom stereocenters. The molecule has 2 aliphatic rings. The van der Waals surface area contributed by atoms with E-state index in [0.29, 0.717) is 23.4 Å². The van der Waals surface area contributed by atoms with Crippen LogP contribution < -0.4 is 4.74 Å². The Morgan fingerprint density at radius 2 is 2.04 bits per heavy atom. The Bertz CT molecular complexity index is 852. The number of aliphatic hydroxyl groups excluding tert-OH is 1. The van der Waals surface area contributed by atoms with Gasteiger partial charge >= 0.3 is 10.2 Å². The van der Waals surface area contributed by atoms with Crippen LogP contribution in [-0.4, -0.2) is 47.9 Å². The number of likely N-dealkylation sites (N-methyl/N-ethyl adjacent to an activating group) is 1. The van der Waals surface area contributed by atoms with Crippen LogP contribution >= 0.6 is 0 Å². The van der Waals surface area contributed by atoms with Gasteiger partial charge < -0.3 is 9.84 Å². The molecule has 0 aliphatic carbocycles. The van der Waals surface area contributed by atoms with E-state index in [4.69, 9.17) is 10.00 Å². The third-order valence-corrected chi connectivity index (χ3v) is 5.96. The number of hydrogen-bond donors (Lipinski definition) is 1. The molecule has 0 spiro atoms. The average molecular weight is 335 g/mol. The fourth-order valence-corrected chi connectivity index (χ4v) is 4.10. The number of nitriles is 1. The van der Waals surface area contributed by atoms with Gasteiger partial charge in [-0.3, -0.25) is 4.31 Å². The monoisotopic (exact) mass is 335 g/mol. The zero-order valence-corrected chi connectivity index (χ0v) is 13.9. The molecule has 7 nitrogen and oxygen atoms in total. The smallest absolute Gasteiger partial charge is 0.304 e. The first-order chi connectivity index (χ1) is 10.7. The van der Waals surface area contributed by atoms with E-state index in [-0.39, 0.29) is 18.0 Å². The first-order valence-corrected chi connectivity index (χ1v) is 8.49. The van der Waals surface area contributed by atoms with Gasteiger partial charge in [0.1, 0.15) is 11.4 Å². The van der Waals surface area contributed by atoms with Crippen molar-refractivity contribution in [3.63, 3.8) is 0 Å². The van der Waals surface area contributed by atoms with Gasteiger partial charge in [0.2, 0.25) is 0 Å². The first kappa shape index (κ1) is 15.6. The second-order valence-corrected chi connectivity index (χ2v) is 7.99. The molecule has 1 fully saturated rings. The summed E-state index contributed by atoms with van der Waals surface area (Å²) in [5.74, 6) is 0.269. The normalized spacial score (nSPS) is 22.4. The summed E-state index contributed by atoms with van der Waals surface area (Å²) in [5, 5.41) is 19.7. The Hall–Kier alpha value is -2.24. The summed E-state index contributed by atoms with van der Waals surface area (Å²) in [6.45, 7) is 3.88. The lowest BCUT2D eigenvalue weighted by molar-refractivity contribution is 0.0894. The Morgan fingerprint density at radius 3 is 2.61 bits per heavy atom. The molecule has 122 valence electrons. The van der Waals surface area contributed by atoms with E-state index in [1.165, 1.54) is 21.7 Å². The van der Waals surface area contributed by atoms with Crippen LogP contribution in [0.3, 0.4) is 0 Å². The predicted octanol–water partition coefficient (Wildman–Crippen LogP) is 1.45. The molecule has 3 rings (SSSR count). The van der Waals surface area contributed by atoms with Gasteiger partial charge in [0, 0.05) is 25.7 Å². The van der Waals surface area contributed by atoms with E-state index in [0.717, 1.165) is 0 Å². The van der Waals surface area contributed by atoms with Crippen LogP contribution in [0.15, 0.2) is 24.0 Å². The van der Waals surface area contributed by atoms with Crippen molar-refractivity contribution in [1.29, 1.82) is 5.26 Å². The number of ether oxygens (including phenoxy) is 1. The maximum Gasteiger partial charge on any atom is 0.304 e. The second-order valence-electron chi connectivity index (χ2n) is 6.03. The molecule has 23 heavy (non-hydrogen) atoms. The second kappa shape index (κ2) is 4.88. The van der Waals surface area contributed by atoms with Crippen LogP contribution in [0.4, 0.5) is 0 Å². The number of nitrogens with zero attached hydrogens (tertiary/aromatic N) is 3. The lowest BCUT2D eigenvalue weighted by Crippen LogP contribution is -2.39. The van der Waals surface area contributed by atoms with Gasteiger partial charge in [-0.05, 0) is 32.0 Å². The fourth-order valence-electron chi connectivity index (χ4n) is 2.72. The minimum Gasteiger partial charge on any atom is -0.506 e. The summed E-state index contributed by atoms with van der Waals surface area (Å²) in [4.78, 5) is 0. The molecule has 0 amide bonds. The van der Waals surface area contributed by atoms with E-state index < -0.39 is 15.8 Å². The molecule has 1 aromatic rings. The Kier molecular flexibility index (Phi) is 3.32. The van der Waals surface area contributed by atoms with Gasteiger partial charge in [-0.15, -0.1) is 0 Å². The lowest BCUT2D eigenvalue weighted by Gasteiger charge is -2.36. The molecule has 0 atom stereocenters. The van der Waals surface area contributed by atoms with Crippen LogP contribution in [0.25, 0.3) is 5.70 Å². The number of aliphatic hydroxyl groups is 1. The largest absolute Gasteiger partial charge is 0.506 e. The van der Waals surface area contributed by atoms with Crippen LogP contribution in [0.1, 0.15) is 25.0 Å². The van der Waals surface area contributed by atoms with Crippen LogP contribution in [0, 0.1) is 11.3 Å². The SMILES string of the molecule is CN1CCN(C2=C(O)C(C)(C)Oc3ccc(C#N)cc32)S1(=O)=O. The molecule has 1 saturated heterocycles. The third kappa shape index (κ3) is 2.24. The van der Waals surface area contributed by atoms with E-state index in [1.54, 1.807) is 26.0 Å². The van der Waals surface area contributed by atoms with Crippen molar-refractivity contribution in [1.82, 2.24) is 8.61 Å². The van der Waals surface area contributed by atoms with Crippen molar-refractivity contribution >= 4 is 15.9 Å². The van der Waals surface area contributed by atoms with E-state index in [1.807, 2.05) is 6.07 Å². The van der Waals surface area contributed by atoms with Gasteiger partial charge in [-0.1, -0.05) is 0 Å². The molecule has 1 aromatic carbocycles. The number of fused-ring (bicyclic) bond motifs is 1. The quantitative estimate of drug-likeness (QED) is 0.838. The molecule has 2 aliphatic heterocycles. The van der Waals surface area contributed by atoms with Crippen molar-refractivity contribution in [3.8, 4) is 11.8 Å². The number of benzene rings is 1. The van der Waals surface area contributed by atoms with Crippen LogP contribution in [0.2, 0.25) is 0 Å². The summed E-state index contributed by atoms with van der Waals surface area (Å²) < 4.78 is 33.2. The Morgan fingerprint density at radius 1 is 1.35 bits per heavy atom. The number of rotatable bonds is 1. The Labute approximate surface area is 135 Å². The van der Waals surface area contributed by atoms with Crippen molar-refractivity contribution in [3.05, 3.63) is 35.1 Å². The molecular formula is C15H17N3O4S. The van der Waals surface area contributed by atoms with Gasteiger partial charge in [0.25, 0.3) is 0 Å². The van der Waals surface area contributed by atoms with Crippen LogP contribution in [0.5, 0.6) is 5.75 Å². The minimum absolute atomic E-state index is 0.168. The minimum atomic E-state index is -3.70. The van der Waals surface area contributed by atoms with E-state index >= 15 is 0 Å². The third-order valence-electron chi connectivity index (χ3n) is 4.06. The average Bonchev–Trinajstić information content (AvgIpc) is 2.74. The summed E-state index contributed by atoms with van der Waals surface area (Å²) in [7, 11) is -2.21. The molecule has 0 radical (unpaired) electrons. The summed E-state index contributed by atoms with van der Waals surface area (Å²) >= 11 is 0. The van der Waals surface area contributed by atoms with E-state index in [2.05, 4.69) is 0 Å². The Balaban J connectivity index is 2.27. The first-order valence-electron chi connectivity index (χ1n) is 7.10. The van der Waals surface area contributed by atoms with Crippen molar-refractivity contribution in [2.24, 2.45) is 0 Å². The summed E-state index contributed by atoms with van der Waals surface area (Å²) in [6.07, 6.45) is 0. The molecule has 8 heteroatoms. The zero-order valence-electron chi connectivity index (χ0n) is 13.1. The van der Waals surface area contributed by atoms with Gasteiger partial charge in [0.05, 0.1) is 11.6 Å². The van der Waals surface area contributed by atoms with Gasteiger partial charge in [0.15, 0.2) is 11.4 Å². The van der Waals surface area contributed by atoms with E-state index in [9.17, 15) is 13.5 Å². The highest BCUT2D eigenvalue weighted by Crippen LogP contribution is 2.43. The van der Waals surface area contributed by atoms with Crippen molar-refractivity contribution < 1.29 is 18.3 Å². The summed E-state index contributed by atoms with van der Waals surface area (Å²) in [6, 6.07) is 6.76. The highest BCUT2D eigenvalue weighted by molar-refractivity contribution is 7.87. The topological polar surface area (TPSA) is 93.9 Å². The highest BCUT2D eigenvalue weighted by atomic mass is 32.2. The fraction of sp³-hybridized carbons (Fsp3) is 0.400. The zero-order chi connectivity index (χ0) is 17.0. The summed E-state index contributed by atoms with van der Waals surface area (Å²) in [5.41, 5.74) is -0.118. The van der Waals surface area contributed by atoms with Gasteiger partial charge in [-0.2, -0.15) is 18.0 Å². The van der Waals surface area contributed by atoms with Crippen molar-refractivity contribution in [2.45, 2.75) is 19.4 Å². The standard InChI is InChI=1S/C15H17N3O4S/c1-15(2)14(19)13(18-7-6-17(3)23(18,20)21)11-8-10(9-16)4-5-12(11)22-15/h4-5,8,19H,6-7H2,1-3H3. The number of hydrogen-bond acceptors (Lipinski definition) is 5. The molecule has 0 bridgehead atoms. The lowest BCUT2D eigenvalue weighted by atomic mass is 9.95. The highest BCUT2D eigenvalue weighted by Gasteiger charge is 2.44. The van der Waals surface area contributed by atoms with Gasteiger partial charge in [-0.25, -0.2) is 0 Å². The maximum atomic E-state index is 12.5. The van der Waals surface area contributed by atoms with Crippen molar-refractivity contribution in [2.75, 3.05) is 20.1 Å². The molecule has 1 N–H and O–H groups in total. The molecule has 2 heterocycles.